The van der Waals surface area contributed by atoms with Crippen molar-refractivity contribution >= 4 is 0 Å². The summed E-state index contributed by atoms with van der Waals surface area (Å²) in [5.74, 6) is 0.144. The molecule has 1 nitrogen and oxygen atoms in total. The Bertz CT molecular complexity index is 365. The lowest BCUT2D eigenvalue weighted by Crippen LogP contribution is -2.20. The minimum absolute atomic E-state index is 0.0144. The number of hydrogen-bond donors (Lipinski definition) is 1. The van der Waals surface area contributed by atoms with Crippen LogP contribution in [-0.2, 0) is 0 Å². The molecule has 1 N–H and O–H groups in total. The molecule has 1 aromatic carbocycles. The van der Waals surface area contributed by atoms with E-state index in [0.29, 0.717) is 17.4 Å². The number of rotatable bonds is 3. The zero-order valence-corrected chi connectivity index (χ0v) is 8.93. The van der Waals surface area contributed by atoms with Gasteiger partial charge in [0.1, 0.15) is 11.6 Å². The van der Waals surface area contributed by atoms with E-state index in [1.165, 1.54) is 12.1 Å². The van der Waals surface area contributed by atoms with E-state index in [-0.39, 0.29) is 6.04 Å². The van der Waals surface area contributed by atoms with Gasteiger partial charge in [0.2, 0.25) is 0 Å². The van der Waals surface area contributed by atoms with Crippen LogP contribution >= 0.6 is 0 Å². The molecule has 3 heteroatoms. The van der Waals surface area contributed by atoms with Crippen LogP contribution in [0.15, 0.2) is 18.2 Å². The van der Waals surface area contributed by atoms with Crippen molar-refractivity contribution in [2.24, 2.45) is 11.8 Å². The predicted octanol–water partition coefficient (Wildman–Crippen LogP) is 2.88. The standard InChI is InChI=1S/C12H15F2N/c1-7-5-10(7)12(15-2)9-4-3-8(13)6-11(9)14/h3-4,6-7,10,12,15H,5H2,1-2H3. The molecule has 2 rings (SSSR count). The molecule has 0 heterocycles. The molecule has 0 radical (unpaired) electrons. The summed E-state index contributed by atoms with van der Waals surface area (Å²) < 4.78 is 26.3. The lowest BCUT2D eigenvalue weighted by Gasteiger charge is -2.17. The second kappa shape index (κ2) is 3.89. The molecule has 15 heavy (non-hydrogen) atoms. The monoisotopic (exact) mass is 211 g/mol. The highest BCUT2D eigenvalue weighted by Gasteiger charge is 2.40. The van der Waals surface area contributed by atoms with Crippen molar-refractivity contribution in [3.63, 3.8) is 0 Å². The van der Waals surface area contributed by atoms with E-state index < -0.39 is 11.6 Å². The third-order valence-corrected chi connectivity index (χ3v) is 3.21. The predicted molar refractivity (Wildman–Crippen MR) is 55.4 cm³/mol. The maximum Gasteiger partial charge on any atom is 0.130 e. The van der Waals surface area contributed by atoms with E-state index in [0.717, 1.165) is 12.5 Å². The van der Waals surface area contributed by atoms with Gasteiger partial charge in [0.25, 0.3) is 0 Å². The number of nitrogens with one attached hydrogen (secondary N) is 1. The van der Waals surface area contributed by atoms with Gasteiger partial charge in [-0.3, -0.25) is 0 Å². The first kappa shape index (κ1) is 10.6. The molecule has 82 valence electrons. The lowest BCUT2D eigenvalue weighted by atomic mass is 10.0. The van der Waals surface area contributed by atoms with Gasteiger partial charge >= 0.3 is 0 Å². The van der Waals surface area contributed by atoms with E-state index in [4.69, 9.17) is 0 Å². The SMILES string of the molecule is CNC(c1ccc(F)cc1F)C1CC1C. The van der Waals surface area contributed by atoms with Crippen molar-refractivity contribution in [2.75, 3.05) is 7.05 Å². The summed E-state index contributed by atoms with van der Waals surface area (Å²) in [5.41, 5.74) is 0.577. The molecule has 0 saturated heterocycles. The van der Waals surface area contributed by atoms with Crippen LogP contribution in [0.3, 0.4) is 0 Å². The molecular formula is C12H15F2N. The van der Waals surface area contributed by atoms with Gasteiger partial charge < -0.3 is 5.32 Å². The summed E-state index contributed by atoms with van der Waals surface area (Å²) in [4.78, 5) is 0. The molecule has 0 bridgehead atoms. The number of benzene rings is 1. The molecular weight excluding hydrogens is 196 g/mol. The van der Waals surface area contributed by atoms with Gasteiger partial charge in [0, 0.05) is 17.7 Å². The summed E-state index contributed by atoms with van der Waals surface area (Å²) in [6, 6.07) is 3.82. The van der Waals surface area contributed by atoms with E-state index in [1.807, 2.05) is 7.05 Å². The fourth-order valence-electron chi connectivity index (χ4n) is 2.17. The van der Waals surface area contributed by atoms with Gasteiger partial charge in [0.05, 0.1) is 0 Å². The summed E-state index contributed by atoms with van der Waals surface area (Å²) in [6.45, 7) is 2.15. The van der Waals surface area contributed by atoms with Gasteiger partial charge in [0.15, 0.2) is 0 Å². The first-order valence-corrected chi connectivity index (χ1v) is 5.25. The second-order valence-electron chi connectivity index (χ2n) is 4.31. The smallest absolute Gasteiger partial charge is 0.130 e. The van der Waals surface area contributed by atoms with E-state index in [9.17, 15) is 8.78 Å². The summed E-state index contributed by atoms with van der Waals surface area (Å²) in [5, 5.41) is 3.11. The Morgan fingerprint density at radius 3 is 2.53 bits per heavy atom. The van der Waals surface area contributed by atoms with Crippen LogP contribution in [-0.4, -0.2) is 7.05 Å². The van der Waals surface area contributed by atoms with Crippen LogP contribution in [0, 0.1) is 23.5 Å². The average Bonchev–Trinajstić information content (AvgIpc) is 2.88. The highest BCUT2D eigenvalue weighted by atomic mass is 19.1. The molecule has 0 aromatic heterocycles. The quantitative estimate of drug-likeness (QED) is 0.810. The van der Waals surface area contributed by atoms with E-state index >= 15 is 0 Å². The molecule has 1 fully saturated rings. The summed E-state index contributed by atoms with van der Waals surface area (Å²) in [6.07, 6.45) is 1.11. The van der Waals surface area contributed by atoms with Gasteiger partial charge in [-0.25, -0.2) is 8.78 Å². The normalized spacial score (nSPS) is 26.4. The molecule has 3 unspecified atom stereocenters. The number of halogens is 2. The van der Waals surface area contributed by atoms with Crippen molar-refractivity contribution in [2.45, 2.75) is 19.4 Å². The third kappa shape index (κ3) is 2.02. The zero-order chi connectivity index (χ0) is 11.0. The zero-order valence-electron chi connectivity index (χ0n) is 8.93. The van der Waals surface area contributed by atoms with Crippen molar-refractivity contribution in [1.29, 1.82) is 0 Å². The fraction of sp³-hybridized carbons (Fsp3) is 0.500. The topological polar surface area (TPSA) is 12.0 Å². The van der Waals surface area contributed by atoms with Crippen molar-refractivity contribution < 1.29 is 8.78 Å². The summed E-state index contributed by atoms with van der Waals surface area (Å²) in [7, 11) is 1.82. The Kier molecular flexibility index (Phi) is 2.74. The van der Waals surface area contributed by atoms with Crippen LogP contribution in [0.2, 0.25) is 0 Å². The Labute approximate surface area is 88.5 Å². The first-order valence-electron chi connectivity index (χ1n) is 5.25. The molecule has 1 saturated carbocycles. The summed E-state index contributed by atoms with van der Waals surface area (Å²) >= 11 is 0. The third-order valence-electron chi connectivity index (χ3n) is 3.21. The van der Waals surface area contributed by atoms with Crippen LogP contribution in [0.5, 0.6) is 0 Å². The van der Waals surface area contributed by atoms with E-state index in [1.54, 1.807) is 0 Å². The van der Waals surface area contributed by atoms with Gasteiger partial charge in [-0.15, -0.1) is 0 Å². The molecule has 1 aliphatic rings. The highest BCUT2D eigenvalue weighted by molar-refractivity contribution is 5.24. The molecule has 3 atom stereocenters. The Balaban J connectivity index is 2.26. The van der Waals surface area contributed by atoms with Crippen LogP contribution in [0.25, 0.3) is 0 Å². The Hall–Kier alpha value is -0.960. The van der Waals surface area contributed by atoms with Crippen molar-refractivity contribution in [3.8, 4) is 0 Å². The van der Waals surface area contributed by atoms with E-state index in [2.05, 4.69) is 12.2 Å². The minimum Gasteiger partial charge on any atom is -0.313 e. The molecule has 0 aliphatic heterocycles. The lowest BCUT2D eigenvalue weighted by molar-refractivity contribution is 0.470. The van der Waals surface area contributed by atoms with Crippen LogP contribution in [0.4, 0.5) is 8.78 Å². The molecule has 0 spiro atoms. The highest BCUT2D eigenvalue weighted by Crippen LogP contribution is 2.47. The largest absolute Gasteiger partial charge is 0.313 e. The van der Waals surface area contributed by atoms with Crippen molar-refractivity contribution in [3.05, 3.63) is 35.4 Å². The van der Waals surface area contributed by atoms with Gasteiger partial charge in [-0.2, -0.15) is 0 Å². The fourth-order valence-corrected chi connectivity index (χ4v) is 2.17. The maximum absolute atomic E-state index is 13.5. The second-order valence-corrected chi connectivity index (χ2v) is 4.31. The maximum atomic E-state index is 13.5. The van der Waals surface area contributed by atoms with Gasteiger partial charge in [-0.05, 0) is 31.4 Å². The molecule has 1 aliphatic carbocycles. The molecule has 0 amide bonds. The molecule has 1 aromatic rings. The van der Waals surface area contributed by atoms with Crippen molar-refractivity contribution in [1.82, 2.24) is 5.32 Å². The Morgan fingerprint density at radius 2 is 2.07 bits per heavy atom. The minimum atomic E-state index is -0.519. The first-order chi connectivity index (χ1) is 7.13. The average molecular weight is 211 g/mol. The van der Waals surface area contributed by atoms with Crippen LogP contribution in [0.1, 0.15) is 24.9 Å². The number of hydrogen-bond acceptors (Lipinski definition) is 1. The van der Waals surface area contributed by atoms with Crippen LogP contribution < -0.4 is 5.32 Å². The Morgan fingerprint density at radius 1 is 1.40 bits per heavy atom. The van der Waals surface area contributed by atoms with Gasteiger partial charge in [-0.1, -0.05) is 13.0 Å².